The van der Waals surface area contributed by atoms with Gasteiger partial charge < -0.3 is 15.4 Å². The van der Waals surface area contributed by atoms with Crippen molar-refractivity contribution in [1.29, 1.82) is 0 Å². The van der Waals surface area contributed by atoms with Gasteiger partial charge in [0.15, 0.2) is 0 Å². The van der Waals surface area contributed by atoms with E-state index in [4.69, 9.17) is 4.74 Å². The molecule has 5 nitrogen and oxygen atoms in total. The fourth-order valence-corrected chi connectivity index (χ4v) is 2.28. The highest BCUT2D eigenvalue weighted by molar-refractivity contribution is 5.91. The Bertz CT molecular complexity index is 716. The number of ether oxygens (including phenoxy) is 1. The Morgan fingerprint density at radius 1 is 1.12 bits per heavy atom. The molecule has 0 aliphatic heterocycles. The standard InChI is InChI=1S/C18H19FN2O3/c1-12(22)20-17(13-7-9-14(24-2)10-8-13)11-18(23)21-16-6-4-3-5-15(16)19/h3-10,17H,11H2,1-2H3,(H,20,22)(H,21,23)/t17-/m0/s1. The minimum atomic E-state index is -0.514. The van der Waals surface area contributed by atoms with Crippen LogP contribution in [0.2, 0.25) is 0 Å². The number of amides is 2. The smallest absolute Gasteiger partial charge is 0.226 e. The topological polar surface area (TPSA) is 67.4 Å². The van der Waals surface area contributed by atoms with E-state index in [9.17, 15) is 14.0 Å². The third-order valence-corrected chi connectivity index (χ3v) is 3.43. The van der Waals surface area contributed by atoms with E-state index in [0.29, 0.717) is 5.75 Å². The lowest BCUT2D eigenvalue weighted by atomic mass is 10.0. The zero-order valence-electron chi connectivity index (χ0n) is 13.5. The number of para-hydroxylation sites is 1. The zero-order valence-corrected chi connectivity index (χ0v) is 13.5. The van der Waals surface area contributed by atoms with Crippen molar-refractivity contribution in [3.05, 3.63) is 59.9 Å². The number of benzene rings is 2. The normalized spacial score (nSPS) is 11.5. The third-order valence-electron chi connectivity index (χ3n) is 3.43. The molecule has 126 valence electrons. The molecule has 2 amide bonds. The second-order valence-corrected chi connectivity index (χ2v) is 5.26. The van der Waals surface area contributed by atoms with E-state index in [1.54, 1.807) is 43.5 Å². The van der Waals surface area contributed by atoms with E-state index < -0.39 is 17.8 Å². The van der Waals surface area contributed by atoms with Crippen LogP contribution in [0.1, 0.15) is 24.9 Å². The second kappa shape index (κ2) is 8.10. The molecule has 0 bridgehead atoms. The monoisotopic (exact) mass is 330 g/mol. The number of carbonyl (C=O) groups excluding carboxylic acids is 2. The van der Waals surface area contributed by atoms with E-state index in [-0.39, 0.29) is 18.0 Å². The first kappa shape index (κ1) is 17.5. The van der Waals surface area contributed by atoms with E-state index in [1.165, 1.54) is 19.1 Å². The summed E-state index contributed by atoms with van der Waals surface area (Å²) < 4.78 is 18.7. The lowest BCUT2D eigenvalue weighted by molar-refractivity contribution is -0.120. The van der Waals surface area contributed by atoms with Crippen LogP contribution in [0.25, 0.3) is 0 Å². The number of nitrogens with one attached hydrogen (secondary N) is 2. The van der Waals surface area contributed by atoms with Gasteiger partial charge in [-0.1, -0.05) is 24.3 Å². The maximum Gasteiger partial charge on any atom is 0.226 e. The van der Waals surface area contributed by atoms with Crippen LogP contribution in [-0.4, -0.2) is 18.9 Å². The van der Waals surface area contributed by atoms with Gasteiger partial charge in [0.2, 0.25) is 11.8 Å². The number of anilines is 1. The summed E-state index contributed by atoms with van der Waals surface area (Å²) in [5.74, 6) is -0.480. The van der Waals surface area contributed by atoms with Gasteiger partial charge in [-0.15, -0.1) is 0 Å². The van der Waals surface area contributed by atoms with Crippen LogP contribution in [0.15, 0.2) is 48.5 Å². The first-order valence-corrected chi connectivity index (χ1v) is 7.45. The first-order chi connectivity index (χ1) is 11.5. The number of rotatable bonds is 6. The Kier molecular flexibility index (Phi) is 5.89. The van der Waals surface area contributed by atoms with Gasteiger partial charge in [-0.05, 0) is 29.8 Å². The molecule has 0 aliphatic carbocycles. The lowest BCUT2D eigenvalue weighted by Crippen LogP contribution is -2.29. The summed E-state index contributed by atoms with van der Waals surface area (Å²) in [6.07, 6.45) is -0.0136. The molecule has 2 rings (SSSR count). The molecule has 6 heteroatoms. The van der Waals surface area contributed by atoms with E-state index in [2.05, 4.69) is 10.6 Å². The maximum absolute atomic E-state index is 13.6. The van der Waals surface area contributed by atoms with Gasteiger partial charge in [0.1, 0.15) is 11.6 Å². The predicted octanol–water partition coefficient (Wildman–Crippen LogP) is 3.04. The van der Waals surface area contributed by atoms with Crippen LogP contribution in [0.5, 0.6) is 5.75 Å². The molecule has 0 aromatic heterocycles. The van der Waals surface area contributed by atoms with Crippen molar-refractivity contribution in [3.8, 4) is 5.75 Å². The fraction of sp³-hybridized carbons (Fsp3) is 0.222. The third kappa shape index (κ3) is 4.81. The molecule has 0 spiro atoms. The average Bonchev–Trinajstić information content (AvgIpc) is 2.56. The van der Waals surface area contributed by atoms with Gasteiger partial charge in [-0.25, -0.2) is 4.39 Å². The Balaban J connectivity index is 2.11. The summed E-state index contributed by atoms with van der Waals surface area (Å²) in [7, 11) is 1.56. The Morgan fingerprint density at radius 3 is 2.38 bits per heavy atom. The van der Waals surface area contributed by atoms with Crippen molar-refractivity contribution < 1.29 is 18.7 Å². The minimum absolute atomic E-state index is 0.0136. The summed E-state index contributed by atoms with van der Waals surface area (Å²) in [6, 6.07) is 12.5. The summed E-state index contributed by atoms with van der Waals surface area (Å²) in [6.45, 7) is 1.38. The Labute approximate surface area is 139 Å². The molecule has 0 aliphatic rings. The van der Waals surface area contributed by atoms with Gasteiger partial charge >= 0.3 is 0 Å². The number of carbonyl (C=O) groups is 2. The Hall–Kier alpha value is -2.89. The van der Waals surface area contributed by atoms with Crippen LogP contribution < -0.4 is 15.4 Å². The molecule has 0 saturated heterocycles. The molecule has 0 radical (unpaired) electrons. The van der Waals surface area contributed by atoms with Crippen LogP contribution in [0.3, 0.4) is 0 Å². The van der Waals surface area contributed by atoms with Gasteiger partial charge in [-0.2, -0.15) is 0 Å². The molecule has 0 fully saturated rings. The molecule has 2 N–H and O–H groups in total. The first-order valence-electron chi connectivity index (χ1n) is 7.45. The predicted molar refractivity (Wildman–Crippen MR) is 89.2 cm³/mol. The molecule has 0 heterocycles. The molecule has 24 heavy (non-hydrogen) atoms. The summed E-state index contributed by atoms with van der Waals surface area (Å²) in [4.78, 5) is 23.6. The SMILES string of the molecule is COc1ccc([C@H](CC(=O)Nc2ccccc2F)NC(C)=O)cc1. The van der Waals surface area contributed by atoms with Crippen molar-refractivity contribution in [3.63, 3.8) is 0 Å². The summed E-state index contributed by atoms with van der Waals surface area (Å²) in [5.41, 5.74) is 0.869. The molecule has 2 aromatic carbocycles. The number of hydrogen-bond acceptors (Lipinski definition) is 3. The minimum Gasteiger partial charge on any atom is -0.497 e. The van der Waals surface area contributed by atoms with Gasteiger partial charge in [0.05, 0.1) is 25.3 Å². The number of halogens is 1. The molecule has 2 aromatic rings. The Morgan fingerprint density at radius 2 is 1.79 bits per heavy atom. The van der Waals surface area contributed by atoms with E-state index in [0.717, 1.165) is 5.56 Å². The van der Waals surface area contributed by atoms with Crippen LogP contribution in [-0.2, 0) is 9.59 Å². The lowest BCUT2D eigenvalue weighted by Gasteiger charge is -2.18. The van der Waals surface area contributed by atoms with Crippen LogP contribution >= 0.6 is 0 Å². The average molecular weight is 330 g/mol. The molecule has 0 unspecified atom stereocenters. The van der Waals surface area contributed by atoms with Gasteiger partial charge in [0, 0.05) is 6.92 Å². The molecule has 0 saturated carbocycles. The van der Waals surface area contributed by atoms with Crippen molar-refractivity contribution in [2.75, 3.05) is 12.4 Å². The highest BCUT2D eigenvalue weighted by atomic mass is 19.1. The molecular formula is C18H19FN2O3. The summed E-state index contributed by atoms with van der Waals surface area (Å²) in [5, 5.41) is 5.25. The van der Waals surface area contributed by atoms with Crippen molar-refractivity contribution in [2.45, 2.75) is 19.4 Å². The van der Waals surface area contributed by atoms with Crippen molar-refractivity contribution in [1.82, 2.24) is 5.32 Å². The highest BCUT2D eigenvalue weighted by Crippen LogP contribution is 2.21. The quantitative estimate of drug-likeness (QED) is 0.855. The molecule has 1 atom stereocenters. The van der Waals surface area contributed by atoms with Gasteiger partial charge in [-0.3, -0.25) is 9.59 Å². The van der Waals surface area contributed by atoms with E-state index in [1.807, 2.05) is 0 Å². The van der Waals surface area contributed by atoms with Crippen molar-refractivity contribution in [2.24, 2.45) is 0 Å². The largest absolute Gasteiger partial charge is 0.497 e. The fourth-order valence-electron chi connectivity index (χ4n) is 2.28. The number of methoxy groups -OCH3 is 1. The second-order valence-electron chi connectivity index (χ2n) is 5.26. The zero-order chi connectivity index (χ0) is 17.5. The molecular weight excluding hydrogens is 311 g/mol. The maximum atomic E-state index is 13.6. The number of hydrogen-bond donors (Lipinski definition) is 2. The van der Waals surface area contributed by atoms with Crippen LogP contribution in [0.4, 0.5) is 10.1 Å². The summed E-state index contributed by atoms with van der Waals surface area (Å²) >= 11 is 0. The van der Waals surface area contributed by atoms with Gasteiger partial charge in [0.25, 0.3) is 0 Å². The highest BCUT2D eigenvalue weighted by Gasteiger charge is 2.18. The van der Waals surface area contributed by atoms with E-state index >= 15 is 0 Å². The van der Waals surface area contributed by atoms with Crippen molar-refractivity contribution >= 4 is 17.5 Å². The van der Waals surface area contributed by atoms with Crippen LogP contribution in [0, 0.1) is 5.82 Å².